The van der Waals surface area contributed by atoms with Gasteiger partial charge in [-0.25, -0.2) is 19.9 Å². The van der Waals surface area contributed by atoms with E-state index in [4.69, 9.17) is 4.98 Å². The summed E-state index contributed by atoms with van der Waals surface area (Å²) in [6.07, 6.45) is 11.1. The van der Waals surface area contributed by atoms with Crippen LogP contribution in [0.4, 0.5) is 0 Å². The van der Waals surface area contributed by atoms with E-state index in [1.807, 2.05) is 29.6 Å². The number of imidazole rings is 1. The fourth-order valence-electron chi connectivity index (χ4n) is 3.94. The maximum Gasteiger partial charge on any atom is 0.257 e. The molecule has 1 N–H and O–H groups in total. The summed E-state index contributed by atoms with van der Waals surface area (Å²) in [5.74, 6) is 1.53. The first kappa shape index (κ1) is 15.9. The van der Waals surface area contributed by atoms with E-state index in [1.165, 1.54) is 6.33 Å². The molecule has 4 aromatic rings. The van der Waals surface area contributed by atoms with Crippen molar-refractivity contribution in [1.82, 2.24) is 34.2 Å². The van der Waals surface area contributed by atoms with Crippen molar-refractivity contribution in [2.75, 3.05) is 13.1 Å². The predicted octanol–water partition coefficient (Wildman–Crippen LogP) is 2.27. The number of aromatic nitrogens is 6. The molecule has 0 bridgehead atoms. The van der Waals surface area contributed by atoms with Crippen LogP contribution in [0.2, 0.25) is 0 Å². The topological polar surface area (TPSA) is 92.1 Å². The van der Waals surface area contributed by atoms with Crippen LogP contribution in [0, 0.1) is 5.92 Å². The SMILES string of the molecule is C[C@@H]1CCN(C(=O)c2cncnc2)C[C@@H]1c1ncc2cnc3[nH]ccc3n12. The number of likely N-dealkylation sites (tertiary alicyclic amines) is 1. The molecular weight excluding hydrogens is 342 g/mol. The Balaban J connectivity index is 1.53. The molecule has 5 heterocycles. The van der Waals surface area contributed by atoms with Crippen LogP contribution in [0.5, 0.6) is 0 Å². The first-order chi connectivity index (χ1) is 13.2. The van der Waals surface area contributed by atoms with Gasteiger partial charge in [0.1, 0.15) is 12.2 Å². The Hall–Kier alpha value is -3.29. The number of piperidine rings is 1. The highest BCUT2D eigenvalue weighted by Crippen LogP contribution is 2.33. The van der Waals surface area contributed by atoms with Crippen LogP contribution in [0.25, 0.3) is 16.7 Å². The second-order valence-electron chi connectivity index (χ2n) is 7.10. The van der Waals surface area contributed by atoms with Gasteiger partial charge in [-0.15, -0.1) is 0 Å². The molecule has 4 aromatic heterocycles. The van der Waals surface area contributed by atoms with Crippen molar-refractivity contribution in [3.05, 3.63) is 54.8 Å². The van der Waals surface area contributed by atoms with E-state index in [1.54, 1.807) is 12.4 Å². The van der Waals surface area contributed by atoms with Gasteiger partial charge in [-0.1, -0.05) is 6.92 Å². The molecule has 0 aliphatic carbocycles. The lowest BCUT2D eigenvalue weighted by Crippen LogP contribution is -2.42. The monoisotopic (exact) mass is 361 g/mol. The number of rotatable bonds is 2. The molecule has 1 aliphatic heterocycles. The molecule has 1 fully saturated rings. The molecule has 0 unspecified atom stereocenters. The minimum absolute atomic E-state index is 0.0261. The van der Waals surface area contributed by atoms with Crippen LogP contribution in [0.1, 0.15) is 35.4 Å². The van der Waals surface area contributed by atoms with Gasteiger partial charge in [0.05, 0.1) is 29.0 Å². The normalized spacial score (nSPS) is 20.4. The van der Waals surface area contributed by atoms with Gasteiger partial charge in [0.25, 0.3) is 5.91 Å². The van der Waals surface area contributed by atoms with Gasteiger partial charge >= 0.3 is 0 Å². The van der Waals surface area contributed by atoms with Gasteiger partial charge in [-0.05, 0) is 18.4 Å². The largest absolute Gasteiger partial charge is 0.345 e. The molecule has 8 nitrogen and oxygen atoms in total. The first-order valence-corrected chi connectivity index (χ1v) is 9.06. The number of fused-ring (bicyclic) bond motifs is 3. The number of aromatic amines is 1. The number of carbonyl (C=O) groups excluding carboxylic acids is 1. The van der Waals surface area contributed by atoms with Crippen LogP contribution in [0.3, 0.4) is 0 Å². The Morgan fingerprint density at radius 1 is 1.19 bits per heavy atom. The van der Waals surface area contributed by atoms with Gasteiger partial charge in [0, 0.05) is 37.6 Å². The third kappa shape index (κ3) is 2.56. The Labute approximate surface area is 155 Å². The number of H-pyrrole nitrogens is 1. The van der Waals surface area contributed by atoms with E-state index < -0.39 is 0 Å². The lowest BCUT2D eigenvalue weighted by Gasteiger charge is -2.36. The van der Waals surface area contributed by atoms with Crippen LogP contribution in [0.15, 0.2) is 43.4 Å². The maximum absolute atomic E-state index is 12.9. The number of nitrogens with zero attached hydrogens (tertiary/aromatic N) is 6. The third-order valence-corrected chi connectivity index (χ3v) is 5.47. The molecule has 1 aliphatic rings. The summed E-state index contributed by atoms with van der Waals surface area (Å²) in [5.41, 5.74) is 3.33. The molecular formula is C19H19N7O. The highest BCUT2D eigenvalue weighted by molar-refractivity contribution is 5.93. The van der Waals surface area contributed by atoms with Gasteiger partial charge in [-0.3, -0.25) is 9.20 Å². The standard InChI is InChI=1S/C19H19N7O/c1-12-3-5-25(19(27)13-6-20-11-21-7-13)10-15(12)18-24-9-14-8-23-17-16(26(14)18)2-4-22-17/h2,4,6-9,11-12,15,22H,3,5,10H2,1H3/t12-,15+/m1/s1. The van der Waals surface area contributed by atoms with Crippen molar-refractivity contribution in [3.8, 4) is 0 Å². The number of carbonyl (C=O) groups is 1. The Morgan fingerprint density at radius 3 is 2.85 bits per heavy atom. The van der Waals surface area contributed by atoms with Gasteiger partial charge in [-0.2, -0.15) is 0 Å². The zero-order valence-electron chi connectivity index (χ0n) is 14.9. The Bertz CT molecular complexity index is 1120. The summed E-state index contributed by atoms with van der Waals surface area (Å²) in [6.45, 7) is 3.59. The zero-order valence-corrected chi connectivity index (χ0v) is 14.9. The summed E-state index contributed by atoms with van der Waals surface area (Å²) in [5, 5.41) is 0. The number of hydrogen-bond acceptors (Lipinski definition) is 5. The molecule has 0 aromatic carbocycles. The fourth-order valence-corrected chi connectivity index (χ4v) is 3.94. The van der Waals surface area contributed by atoms with E-state index in [9.17, 15) is 4.79 Å². The van der Waals surface area contributed by atoms with Crippen molar-refractivity contribution in [3.63, 3.8) is 0 Å². The number of nitrogens with one attached hydrogen (secondary N) is 1. The van der Waals surface area contributed by atoms with Crippen molar-refractivity contribution >= 4 is 22.6 Å². The first-order valence-electron chi connectivity index (χ1n) is 9.06. The quantitative estimate of drug-likeness (QED) is 0.591. The van der Waals surface area contributed by atoms with Crippen molar-refractivity contribution < 1.29 is 4.79 Å². The summed E-state index contributed by atoms with van der Waals surface area (Å²) < 4.78 is 2.15. The molecule has 27 heavy (non-hydrogen) atoms. The van der Waals surface area contributed by atoms with Crippen LogP contribution >= 0.6 is 0 Å². The molecule has 5 rings (SSSR count). The highest BCUT2D eigenvalue weighted by atomic mass is 16.2. The van der Waals surface area contributed by atoms with E-state index in [0.717, 1.165) is 35.5 Å². The minimum Gasteiger partial charge on any atom is -0.345 e. The smallest absolute Gasteiger partial charge is 0.257 e. The molecule has 8 heteroatoms. The second kappa shape index (κ2) is 6.15. The fraction of sp³-hybridized carbons (Fsp3) is 0.316. The lowest BCUT2D eigenvalue weighted by atomic mass is 9.86. The van der Waals surface area contributed by atoms with Crippen molar-refractivity contribution in [2.45, 2.75) is 19.3 Å². The predicted molar refractivity (Wildman–Crippen MR) is 99.3 cm³/mol. The van der Waals surface area contributed by atoms with Gasteiger partial charge < -0.3 is 9.88 Å². The number of hydrogen-bond donors (Lipinski definition) is 1. The molecule has 0 spiro atoms. The highest BCUT2D eigenvalue weighted by Gasteiger charge is 2.33. The molecule has 2 atom stereocenters. The summed E-state index contributed by atoms with van der Waals surface area (Å²) in [4.78, 5) is 35.0. The van der Waals surface area contributed by atoms with Crippen LogP contribution in [-0.4, -0.2) is 53.2 Å². The second-order valence-corrected chi connectivity index (χ2v) is 7.10. The third-order valence-electron chi connectivity index (χ3n) is 5.47. The van der Waals surface area contributed by atoms with E-state index in [-0.39, 0.29) is 11.8 Å². The molecule has 1 amide bonds. The molecule has 136 valence electrons. The lowest BCUT2D eigenvalue weighted by molar-refractivity contribution is 0.0664. The van der Waals surface area contributed by atoms with E-state index in [2.05, 4.69) is 31.3 Å². The summed E-state index contributed by atoms with van der Waals surface area (Å²) >= 11 is 0. The van der Waals surface area contributed by atoms with Crippen molar-refractivity contribution in [2.24, 2.45) is 5.92 Å². The molecule has 0 radical (unpaired) electrons. The van der Waals surface area contributed by atoms with Crippen LogP contribution < -0.4 is 0 Å². The zero-order chi connectivity index (χ0) is 18.4. The minimum atomic E-state index is -0.0261. The molecule has 1 saturated heterocycles. The van der Waals surface area contributed by atoms with Gasteiger partial charge in [0.2, 0.25) is 0 Å². The van der Waals surface area contributed by atoms with Gasteiger partial charge in [0.15, 0.2) is 5.65 Å². The average Bonchev–Trinajstić information content (AvgIpc) is 3.35. The maximum atomic E-state index is 12.9. The van der Waals surface area contributed by atoms with Crippen molar-refractivity contribution in [1.29, 1.82) is 0 Å². The molecule has 0 saturated carbocycles. The Kier molecular flexibility index (Phi) is 3.63. The van der Waals surface area contributed by atoms with E-state index >= 15 is 0 Å². The summed E-state index contributed by atoms with van der Waals surface area (Å²) in [7, 11) is 0. The summed E-state index contributed by atoms with van der Waals surface area (Å²) in [6, 6.07) is 2.01. The average molecular weight is 361 g/mol. The van der Waals surface area contributed by atoms with E-state index in [0.29, 0.717) is 18.0 Å². The number of amides is 1. The Morgan fingerprint density at radius 2 is 2.00 bits per heavy atom. The van der Waals surface area contributed by atoms with Crippen LogP contribution in [-0.2, 0) is 0 Å².